The lowest BCUT2D eigenvalue weighted by Gasteiger charge is -2.11. The van der Waals surface area contributed by atoms with Gasteiger partial charge >= 0.3 is 0 Å². The third kappa shape index (κ3) is 3.87. The summed E-state index contributed by atoms with van der Waals surface area (Å²) in [5.41, 5.74) is 5.02. The van der Waals surface area contributed by atoms with E-state index in [0.717, 1.165) is 22.1 Å². The Morgan fingerprint density at radius 2 is 1.96 bits per heavy atom. The summed E-state index contributed by atoms with van der Waals surface area (Å²) in [6, 6.07) is 19.0. The molecule has 0 fully saturated rings. The molecule has 0 spiro atoms. The number of aromatic nitrogens is 2. The summed E-state index contributed by atoms with van der Waals surface area (Å²) >= 11 is 6.17. The minimum atomic E-state index is -0.165. The lowest BCUT2D eigenvalue weighted by Crippen LogP contribution is -2.23. The van der Waals surface area contributed by atoms with Gasteiger partial charge in [0.15, 0.2) is 0 Å². The van der Waals surface area contributed by atoms with Crippen LogP contribution in [0, 0.1) is 6.92 Å². The van der Waals surface area contributed by atoms with Gasteiger partial charge in [-0.1, -0.05) is 41.4 Å². The van der Waals surface area contributed by atoms with Crippen molar-refractivity contribution in [2.75, 3.05) is 0 Å². The van der Waals surface area contributed by atoms with Crippen molar-refractivity contribution in [2.24, 2.45) is 0 Å². The summed E-state index contributed by atoms with van der Waals surface area (Å²) < 4.78 is 0. The zero-order valence-corrected chi connectivity index (χ0v) is 16.1. The minimum Gasteiger partial charge on any atom is -0.348 e. The van der Waals surface area contributed by atoms with Crippen molar-refractivity contribution in [1.29, 1.82) is 0 Å². The number of benzene rings is 2. The molecule has 1 amide bonds. The highest BCUT2D eigenvalue weighted by molar-refractivity contribution is 6.31. The van der Waals surface area contributed by atoms with Crippen LogP contribution < -0.4 is 5.32 Å². The first kappa shape index (κ1) is 18.1. The molecule has 4 aromatic rings. The van der Waals surface area contributed by atoms with Crippen molar-refractivity contribution in [3.8, 4) is 11.3 Å². The second-order valence-electron chi connectivity index (χ2n) is 6.63. The van der Waals surface area contributed by atoms with Crippen LogP contribution in [0.4, 0.5) is 0 Å². The molecule has 2 aromatic heterocycles. The van der Waals surface area contributed by atoms with E-state index in [1.165, 1.54) is 0 Å². The van der Waals surface area contributed by atoms with Gasteiger partial charge in [0.05, 0.1) is 16.8 Å². The van der Waals surface area contributed by atoms with Crippen molar-refractivity contribution in [3.05, 3.63) is 94.8 Å². The highest BCUT2D eigenvalue weighted by atomic mass is 35.5. The number of aryl methyl sites for hydroxylation is 1. The van der Waals surface area contributed by atoms with Crippen LogP contribution in [0.25, 0.3) is 22.2 Å². The average molecular weight is 388 g/mol. The summed E-state index contributed by atoms with van der Waals surface area (Å²) in [4.78, 5) is 21.8. The SMILES string of the molecule is Cc1cccc(CNC(=O)c2cc(-c3cccnc3)nc3ccc(Cl)cc23)c1. The first-order valence-electron chi connectivity index (χ1n) is 8.94. The molecule has 5 heteroatoms. The van der Waals surface area contributed by atoms with Gasteiger partial charge in [0.25, 0.3) is 5.91 Å². The summed E-state index contributed by atoms with van der Waals surface area (Å²) in [5.74, 6) is -0.165. The van der Waals surface area contributed by atoms with Crippen LogP contribution in [0.5, 0.6) is 0 Å². The molecule has 0 unspecified atom stereocenters. The number of nitrogens with one attached hydrogen (secondary N) is 1. The van der Waals surface area contributed by atoms with Crippen molar-refractivity contribution in [1.82, 2.24) is 15.3 Å². The number of nitrogens with zero attached hydrogens (tertiary/aromatic N) is 2. The molecule has 0 saturated heterocycles. The Morgan fingerprint density at radius 3 is 2.75 bits per heavy atom. The molecule has 1 N–H and O–H groups in total. The number of rotatable bonds is 4. The van der Waals surface area contributed by atoms with E-state index in [2.05, 4.69) is 21.4 Å². The molecule has 2 heterocycles. The quantitative estimate of drug-likeness (QED) is 0.524. The normalized spacial score (nSPS) is 10.8. The number of fused-ring (bicyclic) bond motifs is 1. The number of hydrogen-bond acceptors (Lipinski definition) is 3. The highest BCUT2D eigenvalue weighted by Gasteiger charge is 2.14. The number of carbonyl (C=O) groups is 1. The molecule has 2 aromatic carbocycles. The van der Waals surface area contributed by atoms with Crippen molar-refractivity contribution >= 4 is 28.4 Å². The third-order valence-electron chi connectivity index (χ3n) is 4.51. The fraction of sp³-hybridized carbons (Fsp3) is 0.0870. The molecule has 28 heavy (non-hydrogen) atoms. The molecule has 138 valence electrons. The maximum atomic E-state index is 13.0. The Kier molecular flexibility index (Phi) is 5.04. The number of amides is 1. The third-order valence-corrected chi connectivity index (χ3v) is 4.74. The first-order valence-corrected chi connectivity index (χ1v) is 9.32. The molecular weight excluding hydrogens is 370 g/mol. The molecule has 0 aliphatic heterocycles. The number of pyridine rings is 2. The van der Waals surface area contributed by atoms with E-state index >= 15 is 0 Å². The van der Waals surface area contributed by atoms with Gasteiger partial charge in [0.2, 0.25) is 0 Å². The van der Waals surface area contributed by atoms with Crippen molar-refractivity contribution in [2.45, 2.75) is 13.5 Å². The molecular formula is C23H18ClN3O. The highest BCUT2D eigenvalue weighted by Crippen LogP contribution is 2.26. The number of carbonyl (C=O) groups excluding carboxylic acids is 1. The fourth-order valence-electron chi connectivity index (χ4n) is 3.15. The van der Waals surface area contributed by atoms with Gasteiger partial charge in [-0.05, 0) is 48.9 Å². The van der Waals surface area contributed by atoms with E-state index in [1.54, 1.807) is 30.6 Å². The monoisotopic (exact) mass is 387 g/mol. The van der Waals surface area contributed by atoms with Gasteiger partial charge in [-0.15, -0.1) is 0 Å². The molecule has 0 atom stereocenters. The molecule has 0 saturated carbocycles. The summed E-state index contributed by atoms with van der Waals surface area (Å²) in [7, 11) is 0. The predicted octanol–water partition coefficient (Wildman–Crippen LogP) is 5.19. The van der Waals surface area contributed by atoms with Crippen LogP contribution in [0.15, 0.2) is 73.1 Å². The van der Waals surface area contributed by atoms with Gasteiger partial charge in [-0.25, -0.2) is 4.98 Å². The van der Waals surface area contributed by atoms with Crippen molar-refractivity contribution in [3.63, 3.8) is 0 Å². The topological polar surface area (TPSA) is 54.9 Å². The van der Waals surface area contributed by atoms with Gasteiger partial charge in [-0.3, -0.25) is 9.78 Å². The molecule has 4 nitrogen and oxygen atoms in total. The van der Waals surface area contributed by atoms with Gasteiger partial charge in [0.1, 0.15) is 0 Å². The summed E-state index contributed by atoms with van der Waals surface area (Å²) in [6.45, 7) is 2.48. The van der Waals surface area contributed by atoms with E-state index in [9.17, 15) is 4.79 Å². The number of halogens is 1. The van der Waals surface area contributed by atoms with E-state index in [-0.39, 0.29) is 5.91 Å². The maximum absolute atomic E-state index is 13.0. The van der Waals surface area contributed by atoms with E-state index < -0.39 is 0 Å². The largest absolute Gasteiger partial charge is 0.348 e. The van der Waals surface area contributed by atoms with Crippen LogP contribution in [0.3, 0.4) is 0 Å². The minimum absolute atomic E-state index is 0.165. The van der Waals surface area contributed by atoms with Crippen LogP contribution in [0.1, 0.15) is 21.5 Å². The average Bonchev–Trinajstić information content (AvgIpc) is 2.72. The lowest BCUT2D eigenvalue weighted by molar-refractivity contribution is 0.0952. The van der Waals surface area contributed by atoms with Crippen LogP contribution in [-0.2, 0) is 6.54 Å². The number of hydrogen-bond donors (Lipinski definition) is 1. The zero-order chi connectivity index (χ0) is 19.5. The zero-order valence-electron chi connectivity index (χ0n) is 15.3. The molecule has 0 aliphatic rings. The molecule has 0 bridgehead atoms. The fourth-order valence-corrected chi connectivity index (χ4v) is 3.32. The van der Waals surface area contributed by atoms with Gasteiger partial charge in [0, 0.05) is 34.9 Å². The summed E-state index contributed by atoms with van der Waals surface area (Å²) in [6.07, 6.45) is 3.44. The Hall–Kier alpha value is -3.24. The maximum Gasteiger partial charge on any atom is 0.252 e. The first-order chi connectivity index (χ1) is 13.6. The van der Waals surface area contributed by atoms with Gasteiger partial charge < -0.3 is 5.32 Å². The van der Waals surface area contributed by atoms with Crippen LogP contribution >= 0.6 is 11.6 Å². The molecule has 0 radical (unpaired) electrons. The Morgan fingerprint density at radius 1 is 1.07 bits per heavy atom. The van der Waals surface area contributed by atoms with E-state index in [4.69, 9.17) is 11.6 Å². The van der Waals surface area contributed by atoms with E-state index in [0.29, 0.717) is 28.3 Å². The predicted molar refractivity (Wildman–Crippen MR) is 112 cm³/mol. The second kappa shape index (κ2) is 7.79. The lowest BCUT2D eigenvalue weighted by atomic mass is 10.0. The van der Waals surface area contributed by atoms with Gasteiger partial charge in [-0.2, -0.15) is 0 Å². The molecule has 4 rings (SSSR count). The van der Waals surface area contributed by atoms with Crippen molar-refractivity contribution < 1.29 is 4.79 Å². The Bertz CT molecular complexity index is 1160. The van der Waals surface area contributed by atoms with Crippen LogP contribution in [0.2, 0.25) is 5.02 Å². The standard InChI is InChI=1S/C23H18ClN3O/c1-15-4-2-5-16(10-15)13-26-23(28)20-12-22(17-6-3-9-25-14-17)27-21-8-7-18(24)11-19(20)21/h2-12,14H,13H2,1H3,(H,26,28). The van der Waals surface area contributed by atoms with E-state index in [1.807, 2.05) is 43.3 Å². The summed E-state index contributed by atoms with van der Waals surface area (Å²) in [5, 5.41) is 4.30. The smallest absolute Gasteiger partial charge is 0.252 e. The van der Waals surface area contributed by atoms with Crippen LogP contribution in [-0.4, -0.2) is 15.9 Å². The molecule has 0 aliphatic carbocycles. The Balaban J connectivity index is 1.73. The second-order valence-corrected chi connectivity index (χ2v) is 7.07. The Labute approximate surface area is 168 Å².